The highest BCUT2D eigenvalue weighted by atomic mass is 16.3. The van der Waals surface area contributed by atoms with E-state index in [0.717, 1.165) is 59.4 Å². The second-order valence-electron chi connectivity index (χ2n) is 38.3. The van der Waals surface area contributed by atoms with Gasteiger partial charge in [0.1, 0.15) is 22.3 Å². The van der Waals surface area contributed by atoms with Crippen LogP contribution in [0, 0.1) is 0 Å². The summed E-state index contributed by atoms with van der Waals surface area (Å²) in [4.78, 5) is 2.64. The Bertz CT molecular complexity index is 6450. The van der Waals surface area contributed by atoms with E-state index in [4.69, 9.17) is 8.83 Å². The fraction of sp³-hybridized carbons (Fsp3) is 0.333. The monoisotopic (exact) mass is 1570 g/mol. The lowest BCUT2D eigenvalue weighted by atomic mass is 9.70. The van der Waals surface area contributed by atoms with Crippen LogP contribution in [0.2, 0.25) is 0 Å². The molecule has 0 atom stereocenters. The summed E-state index contributed by atoms with van der Waals surface area (Å²) in [5, 5.41) is 4.85. The third-order valence-corrected chi connectivity index (χ3v) is 30.1. The number of rotatable bonds is 30. The van der Waals surface area contributed by atoms with Crippen molar-refractivity contribution < 1.29 is 8.83 Å². The Hall–Kier alpha value is -10.7. The van der Waals surface area contributed by atoms with E-state index in [2.05, 4.69) is 323 Å². The molecule has 0 spiro atoms. The van der Waals surface area contributed by atoms with Gasteiger partial charge >= 0.3 is 0 Å². The lowest BCUT2D eigenvalue weighted by Crippen LogP contribution is -2.26. The molecular formula is C117H119NO2. The first kappa shape index (κ1) is 77.8. The highest BCUT2D eigenvalue weighted by molar-refractivity contribution is 6.20. The molecular weight excluding hydrogens is 1450 g/mol. The van der Waals surface area contributed by atoms with E-state index in [1.807, 2.05) is 0 Å². The third-order valence-electron chi connectivity index (χ3n) is 30.1. The molecule has 0 saturated heterocycles. The Morgan fingerprint density at radius 2 is 0.650 bits per heavy atom. The van der Waals surface area contributed by atoms with Gasteiger partial charge in [-0.05, 0) is 244 Å². The fourth-order valence-corrected chi connectivity index (χ4v) is 23.7. The molecule has 0 N–H and O–H groups in total. The molecule has 0 bridgehead atoms. The van der Waals surface area contributed by atoms with Crippen LogP contribution >= 0.6 is 0 Å². The van der Waals surface area contributed by atoms with E-state index in [9.17, 15) is 0 Å². The summed E-state index contributed by atoms with van der Waals surface area (Å²) >= 11 is 0. The van der Waals surface area contributed by atoms with Crippen LogP contribution in [-0.4, -0.2) is 0 Å². The maximum Gasteiger partial charge on any atom is 0.143 e. The van der Waals surface area contributed by atoms with Gasteiger partial charge in [0.2, 0.25) is 0 Å². The van der Waals surface area contributed by atoms with Gasteiger partial charge in [0.15, 0.2) is 0 Å². The summed E-state index contributed by atoms with van der Waals surface area (Å²) < 4.78 is 14.1. The van der Waals surface area contributed by atoms with Gasteiger partial charge in [-0.3, -0.25) is 0 Å². The van der Waals surface area contributed by atoms with Crippen LogP contribution in [0.4, 0.5) is 17.1 Å². The first-order chi connectivity index (χ1) is 58.6. The SMILES string of the molecule is CCCCCCCC1(CCCCCCC)c2ccccc2-c2ccc(-c3ccc4c(c3)C(C)(C)c3cc(-c5cc6c(c7c5oc5ccccc57)-c5ccc(N(c7ccc8c(c7)C(C)(C)c7cc9c(cc7-8)C(C)(C)c7ccc8oc%10ccccc%10c8c7-9)c7ccccc7-c7ccccc7)cc5C6(CCCCCCC)CCCCCCC)ccc3-4)cc21. The molecule has 3 nitrogen and oxygen atoms in total. The quantitative estimate of drug-likeness (QED) is 0.0420. The lowest BCUT2D eigenvalue weighted by Gasteiger charge is -2.35. The van der Waals surface area contributed by atoms with E-state index in [-0.39, 0.29) is 27.1 Å². The zero-order chi connectivity index (χ0) is 81.8. The van der Waals surface area contributed by atoms with Crippen LogP contribution in [0.3, 0.4) is 0 Å². The average Bonchev–Trinajstić information content (AvgIpc) is 1.53. The third kappa shape index (κ3) is 12.5. The van der Waals surface area contributed by atoms with Crippen molar-refractivity contribution in [3.05, 3.63) is 304 Å². The maximum atomic E-state index is 7.51. The van der Waals surface area contributed by atoms with Gasteiger partial charge in [-0.1, -0.05) is 361 Å². The Balaban J connectivity index is 0.723. The maximum absolute atomic E-state index is 7.51. The number of anilines is 3. The Morgan fingerprint density at radius 1 is 0.242 bits per heavy atom. The summed E-state index contributed by atoms with van der Waals surface area (Å²) in [5.74, 6) is 0. The van der Waals surface area contributed by atoms with Crippen LogP contribution in [-0.2, 0) is 27.1 Å². The van der Waals surface area contributed by atoms with Gasteiger partial charge in [-0.2, -0.15) is 0 Å². The zero-order valence-corrected chi connectivity index (χ0v) is 72.9. The Morgan fingerprint density at radius 3 is 1.27 bits per heavy atom. The number of unbranched alkanes of at least 4 members (excludes halogenated alkanes) is 16. The van der Waals surface area contributed by atoms with Crippen molar-refractivity contribution in [1.82, 2.24) is 0 Å². The Kier molecular flexibility index (Phi) is 20.1. The standard InChI is InChI=1S/C117H119NO2/c1-11-15-19-23-38-64-116(65-39-24-20-16-12-2)94-48-34-30-45-83(94)86-58-53-78(69-101(86)116)77-52-57-84-85-59-54-79(70-97(85)114(7,8)96(84)68-77)91-73-103-108(111-90-47-33-37-51-106(90)120-112(91)111)88-61-56-81(72-102(88)117(103,66-40-25-21-17-13-3)67-41-26-22-18-14-4)118(104-49-35-31-44-82(104)76-42-28-27-29-43-76)80-55-60-87-92-74-100-93(75-99(92)115(9,10)98(87)71-80)109-95(113(100,5)6)62-63-107-110(109)89-46-32-36-50-105(89)119-107/h27-37,42-63,68-75H,11-26,38-41,64-67H2,1-10H3. The molecule has 20 rings (SSSR count). The molecule has 0 unspecified atom stereocenters. The molecule has 0 radical (unpaired) electrons. The van der Waals surface area contributed by atoms with E-state index in [1.54, 1.807) is 11.1 Å². The minimum absolute atomic E-state index is 0.0226. The summed E-state index contributed by atoms with van der Waals surface area (Å²) in [6, 6.07) is 97.7. The van der Waals surface area contributed by atoms with Crippen LogP contribution < -0.4 is 4.90 Å². The van der Waals surface area contributed by atoms with Gasteiger partial charge in [-0.25, -0.2) is 0 Å². The first-order valence-electron chi connectivity index (χ1n) is 46.5. The highest BCUT2D eigenvalue weighted by Gasteiger charge is 2.49. The predicted molar refractivity (Wildman–Crippen MR) is 511 cm³/mol. The molecule has 0 aliphatic heterocycles. The molecule has 5 aliphatic carbocycles. The average molecular weight is 1570 g/mol. The number of para-hydroxylation sites is 3. The highest BCUT2D eigenvalue weighted by Crippen LogP contribution is 2.64. The van der Waals surface area contributed by atoms with Crippen molar-refractivity contribution in [1.29, 1.82) is 0 Å². The molecule has 120 heavy (non-hydrogen) atoms. The second kappa shape index (κ2) is 31.1. The van der Waals surface area contributed by atoms with E-state index in [0.29, 0.717) is 0 Å². The number of hydrogen-bond donors (Lipinski definition) is 0. The molecule has 0 amide bonds. The molecule has 0 fully saturated rings. The summed E-state index contributed by atoms with van der Waals surface area (Å²) in [5.41, 5.74) is 41.7. The molecule has 2 aromatic heterocycles. The van der Waals surface area contributed by atoms with Crippen LogP contribution in [0.1, 0.15) is 279 Å². The van der Waals surface area contributed by atoms with Crippen molar-refractivity contribution >= 4 is 60.9 Å². The zero-order valence-electron chi connectivity index (χ0n) is 72.9. The van der Waals surface area contributed by atoms with E-state index in [1.165, 1.54) is 289 Å². The van der Waals surface area contributed by atoms with Gasteiger partial charge in [0, 0.05) is 71.1 Å². The normalized spacial score (nSPS) is 15.2. The van der Waals surface area contributed by atoms with Crippen molar-refractivity contribution in [2.24, 2.45) is 0 Å². The molecule has 3 heteroatoms. The molecule has 15 aromatic rings. The topological polar surface area (TPSA) is 29.5 Å². The second-order valence-corrected chi connectivity index (χ2v) is 38.3. The van der Waals surface area contributed by atoms with E-state index >= 15 is 0 Å². The number of furan rings is 2. The van der Waals surface area contributed by atoms with Gasteiger partial charge < -0.3 is 13.7 Å². The number of benzene rings is 13. The summed E-state index contributed by atoms with van der Waals surface area (Å²) in [7, 11) is 0. The Labute approximate surface area is 713 Å². The molecule has 0 saturated carbocycles. The van der Waals surface area contributed by atoms with Crippen LogP contribution in [0.25, 0.3) is 133 Å². The van der Waals surface area contributed by atoms with Crippen molar-refractivity contribution in [2.75, 3.05) is 4.90 Å². The largest absolute Gasteiger partial charge is 0.456 e. The van der Waals surface area contributed by atoms with Crippen molar-refractivity contribution in [3.8, 4) is 89.0 Å². The minimum Gasteiger partial charge on any atom is -0.456 e. The lowest BCUT2D eigenvalue weighted by molar-refractivity contribution is 0.399. The smallest absolute Gasteiger partial charge is 0.143 e. The van der Waals surface area contributed by atoms with Gasteiger partial charge in [0.25, 0.3) is 0 Å². The molecule has 2 heterocycles. The van der Waals surface area contributed by atoms with E-state index < -0.39 is 0 Å². The molecule has 5 aliphatic rings. The van der Waals surface area contributed by atoms with Crippen molar-refractivity contribution in [3.63, 3.8) is 0 Å². The number of nitrogens with zero attached hydrogens (tertiary/aromatic N) is 1. The fourth-order valence-electron chi connectivity index (χ4n) is 23.7. The van der Waals surface area contributed by atoms with Crippen LogP contribution in [0.5, 0.6) is 0 Å². The predicted octanol–water partition coefficient (Wildman–Crippen LogP) is 34.9. The number of fused-ring (bicyclic) bond motifs is 23. The molecule has 604 valence electrons. The summed E-state index contributed by atoms with van der Waals surface area (Å²) in [6.45, 7) is 24.2. The summed E-state index contributed by atoms with van der Waals surface area (Å²) in [6.07, 6.45) is 29.7. The van der Waals surface area contributed by atoms with Crippen molar-refractivity contribution in [2.45, 2.75) is 250 Å². The van der Waals surface area contributed by atoms with Crippen LogP contribution in [0.15, 0.2) is 258 Å². The molecule has 13 aromatic carbocycles. The van der Waals surface area contributed by atoms with Gasteiger partial charge in [0.05, 0.1) is 5.69 Å². The minimum atomic E-state index is -0.325. The number of hydrogen-bond acceptors (Lipinski definition) is 3. The first-order valence-corrected chi connectivity index (χ1v) is 46.5. The van der Waals surface area contributed by atoms with Gasteiger partial charge in [-0.15, -0.1) is 0 Å².